The Morgan fingerprint density at radius 3 is 1.56 bits per heavy atom. The summed E-state index contributed by atoms with van der Waals surface area (Å²) in [4.78, 5) is 56.4. The van der Waals surface area contributed by atoms with Gasteiger partial charge in [-0.1, -0.05) is 30.9 Å². The molecule has 0 bridgehead atoms. The topological polar surface area (TPSA) is 265 Å². The number of carbonyl (C=O) groups is 4. The largest absolute Gasteiger partial charge is 1.00 e. The Kier molecular flexibility index (Phi) is 51.7. The number of hydrogen-bond donors (Lipinski definition) is 5. The monoisotopic (exact) mass is 1080 g/mol. The van der Waals surface area contributed by atoms with Gasteiger partial charge in [-0.25, -0.2) is 31.4 Å². The van der Waals surface area contributed by atoms with E-state index in [2.05, 4.69) is 48.8 Å². The van der Waals surface area contributed by atoms with E-state index in [0.29, 0.717) is 81.6 Å². The summed E-state index contributed by atoms with van der Waals surface area (Å²) in [5.74, 6) is 0.662. The molecule has 8 rings (SSSR count). The molecule has 2 aromatic heterocycles. The quantitative estimate of drug-likeness (QED) is 0.0410. The minimum atomic E-state index is -1.04. The zero-order valence-electron chi connectivity index (χ0n) is 41.4. The molecule has 0 spiro atoms. The van der Waals surface area contributed by atoms with Gasteiger partial charge in [0.25, 0.3) is 0 Å². The number of alkyl carbamates (subject to hydrolysis) is 1. The molecule has 78 heavy (non-hydrogen) atoms. The van der Waals surface area contributed by atoms with E-state index in [-0.39, 0.29) is 80.6 Å². The second-order valence-corrected chi connectivity index (χ2v) is 14.9. The molecule has 16 radical (unpaired) electrons. The first-order valence-electron chi connectivity index (χ1n) is 21.8. The van der Waals surface area contributed by atoms with Crippen LogP contribution >= 0.6 is 0 Å². The maximum absolute atomic E-state index is 12.9. The van der Waals surface area contributed by atoms with E-state index in [1.54, 1.807) is 13.8 Å². The standard InChI is InChI=1S/C10H10FN3O2.C6H9NO2.C5H9NO2.C5H11NO.C5H10O3.C4H2F2N2.Al.B5H9.B5H6.B5H3.B5.Li.4H/c11-9-12-4-3-8(13-9)14-7(6-1-2-6)5-16-10(14)15;8-6-7-5(3-9-6)4-1-2-4;6-4(5(7)8)3-1-2-3;6-5(3-7)4-1-2-4;1-3-7-5(6)8-4-2;5-3-1-2-7-4(6)8-3;;4*1-4-5(2)3;;;;;/h3-4,6-7H,1-2,5H2;4-5H,1-3H2,(H,7,8);3-4H,1-2,6H2,(H,7,8);4-5,7H,1-3,6H2;3-4H2,1-2H3;1-2H;;1-3H3;1-2H3;1H3;;;;;;/q;;;;;;;-3;-2;-1;;+1;;;;-1/t7-;5-;4-;5-;;;;;;;;;;;;/m1101............/s1. The predicted molar refractivity (Wildman–Crippen MR) is 341 cm³/mol. The fourth-order valence-corrected chi connectivity index (χ4v) is 5.06. The van der Waals surface area contributed by atoms with Crippen LogP contribution in [0.4, 0.5) is 33.4 Å². The van der Waals surface area contributed by atoms with Gasteiger partial charge in [0, 0.05) is 61.2 Å². The van der Waals surface area contributed by atoms with Crippen LogP contribution in [0.1, 0.15) is 66.6 Å². The molecular formula is C35H73AlB20F3LiN8O10-6. The van der Waals surface area contributed by atoms with Crippen LogP contribution in [-0.2, 0) is 23.7 Å². The second-order valence-electron chi connectivity index (χ2n) is 14.9. The molecule has 4 heterocycles. The number of aliphatic carboxylic acids is 1. The van der Waals surface area contributed by atoms with Crippen molar-refractivity contribution in [3.05, 3.63) is 42.6 Å². The van der Waals surface area contributed by atoms with Crippen LogP contribution in [0.5, 0.6) is 0 Å². The summed E-state index contributed by atoms with van der Waals surface area (Å²) in [5, 5.41) is 19.4. The fourth-order valence-electron chi connectivity index (χ4n) is 5.06. The maximum Gasteiger partial charge on any atom is 1.00 e. The number of ether oxygens (including phenoxy) is 4. The number of nitrogens with one attached hydrogen (secondary N) is 1. The molecule has 6 aliphatic rings. The third-order valence-electron chi connectivity index (χ3n) is 9.01. The first-order valence-corrected chi connectivity index (χ1v) is 21.8. The number of nitrogens with zero attached hydrogens (tertiary/aromatic N) is 5. The van der Waals surface area contributed by atoms with Crippen LogP contribution in [-0.4, -0.2) is 276 Å². The summed E-state index contributed by atoms with van der Waals surface area (Å²) in [6, 6.07) is 2.29. The molecule has 404 valence electrons. The molecule has 0 aromatic carbocycles. The number of carboxylic acid groups (broad SMARTS) is 1. The van der Waals surface area contributed by atoms with Gasteiger partial charge >= 0.3 is 55.3 Å². The van der Waals surface area contributed by atoms with Crippen molar-refractivity contribution in [2.24, 2.45) is 35.1 Å². The van der Waals surface area contributed by atoms with E-state index in [0.717, 1.165) is 59.3 Å². The number of anilines is 1. The summed E-state index contributed by atoms with van der Waals surface area (Å²) >= 11 is 0. The van der Waals surface area contributed by atoms with Gasteiger partial charge in [-0.3, -0.25) is 16.1 Å². The van der Waals surface area contributed by atoms with E-state index in [1.165, 1.54) is 56.3 Å². The van der Waals surface area contributed by atoms with Crippen LogP contribution in [0, 0.1) is 41.8 Å². The first-order chi connectivity index (χ1) is 35.8. The van der Waals surface area contributed by atoms with E-state index in [1.807, 2.05) is 7.06 Å². The Labute approximate surface area is 503 Å². The van der Waals surface area contributed by atoms with E-state index >= 15 is 0 Å². The van der Waals surface area contributed by atoms with E-state index < -0.39 is 48.7 Å². The molecule has 2 saturated heterocycles. The number of cyclic esters (lactones) is 2. The number of carbonyl (C=O) groups excluding carboxylic acids is 3. The number of aliphatic hydroxyl groups excluding tert-OH is 1. The molecule has 0 unspecified atom stereocenters. The normalized spacial score (nSPS) is 17.0. The predicted octanol–water partition coefficient (Wildman–Crippen LogP) is -13.2. The van der Waals surface area contributed by atoms with Crippen LogP contribution in [0.2, 0.25) is 0 Å². The van der Waals surface area contributed by atoms with Crippen LogP contribution < -0.4 is 40.5 Å². The van der Waals surface area contributed by atoms with Gasteiger partial charge in [0.05, 0.1) is 31.9 Å². The van der Waals surface area contributed by atoms with Crippen molar-refractivity contribution < 1.29 is 81.8 Å². The number of carboxylic acids is 1. The molecule has 4 saturated carbocycles. The van der Waals surface area contributed by atoms with Gasteiger partial charge < -0.3 is 47.4 Å². The Hall–Kier alpha value is -2.46. The molecule has 43 heteroatoms. The average molecular weight is 1070 g/mol. The minimum absolute atomic E-state index is 0. The van der Waals surface area contributed by atoms with Crippen molar-refractivity contribution >= 4 is 194 Å². The third kappa shape index (κ3) is 46.2. The number of halogens is 3. The molecule has 6 fully saturated rings. The smallest absolute Gasteiger partial charge is 1.00 e. The summed E-state index contributed by atoms with van der Waals surface area (Å²) < 4.78 is 54.9. The van der Waals surface area contributed by atoms with Gasteiger partial charge in [0.2, 0.25) is 5.95 Å². The van der Waals surface area contributed by atoms with E-state index in [4.69, 9.17) is 77.6 Å². The Morgan fingerprint density at radius 2 is 1.29 bits per heavy atom. The first kappa shape index (κ1) is 82.0. The number of aromatic nitrogens is 4. The van der Waals surface area contributed by atoms with Crippen molar-refractivity contribution in [2.45, 2.75) is 89.4 Å². The molecule has 7 N–H and O–H groups in total. The molecule has 2 aliphatic heterocycles. The summed E-state index contributed by atoms with van der Waals surface area (Å²) in [7, 11) is 41.9. The van der Waals surface area contributed by atoms with Crippen molar-refractivity contribution in [3.8, 4) is 0 Å². The van der Waals surface area contributed by atoms with Crippen molar-refractivity contribution in [1.82, 2.24) is 25.3 Å². The summed E-state index contributed by atoms with van der Waals surface area (Å²) in [6.07, 6.45) is 9.69. The molecular weight excluding hydrogens is 1000 g/mol. The van der Waals surface area contributed by atoms with E-state index in [9.17, 15) is 32.3 Å². The zero-order chi connectivity index (χ0) is 58.3. The maximum atomic E-state index is 12.9. The van der Waals surface area contributed by atoms with Gasteiger partial charge in [-0.15, -0.1) is 15.5 Å². The molecule has 2 aromatic rings. The van der Waals surface area contributed by atoms with Crippen LogP contribution in [0.15, 0.2) is 24.5 Å². The van der Waals surface area contributed by atoms with Gasteiger partial charge in [0.15, 0.2) is 17.4 Å². The second kappa shape index (κ2) is 49.2. The van der Waals surface area contributed by atoms with Gasteiger partial charge in [0.1, 0.15) is 25.1 Å². The van der Waals surface area contributed by atoms with Gasteiger partial charge in [-0.05, 0) is 125 Å². The van der Waals surface area contributed by atoms with Gasteiger partial charge in [-0.2, -0.15) is 43.6 Å². The molecule has 4 aliphatic carbocycles. The third-order valence-corrected chi connectivity index (χ3v) is 9.01. The summed E-state index contributed by atoms with van der Waals surface area (Å²) in [5.41, 5.74) is 10.7. The minimum Gasteiger partial charge on any atom is -1.00 e. The number of rotatable bonds is 13. The van der Waals surface area contributed by atoms with Crippen molar-refractivity contribution in [2.75, 3.05) is 37.9 Å². The summed E-state index contributed by atoms with van der Waals surface area (Å²) in [6.45, 7) is 5.33. The number of hydrogen-bond acceptors (Lipinski definition) is 15. The average Bonchev–Trinajstić information content (AvgIpc) is 4.16. The van der Waals surface area contributed by atoms with Crippen LogP contribution in [0.25, 0.3) is 0 Å². The molecule has 2 amide bonds. The van der Waals surface area contributed by atoms with Crippen LogP contribution in [0.3, 0.4) is 0 Å². The Bertz CT molecular complexity index is 1840. The Morgan fingerprint density at radius 1 is 0.833 bits per heavy atom. The fraction of sp³-hybridized carbons (Fsp3) is 0.657. The SMILES string of the molecule is CCOC(=O)OCC.Fc1ccnc(F)n1.N[C@H](C(=O)O)C1CC1.N[C@H](CO)C1CC1.O=C1N[C@@H](C2CC2)CO1.O=C1OC[C@H](C2CC2)N1c1ccnc(F)n1.[AlH3].[BH3-][B]B([BH3-])[BH3-].[B]B([BH3-])[B][BH3-].[B]B([B])[B][BH3-].[B][B]B([B])[B].[H-].[Li+]. The zero-order valence-corrected chi connectivity index (χ0v) is 40.4. The number of nitrogens with two attached hydrogens (primary N) is 2. The number of amides is 2. The molecule has 18 nitrogen and oxygen atoms in total. The molecule has 4 atom stereocenters. The number of aliphatic hydroxyl groups is 1. The van der Waals surface area contributed by atoms with Crippen molar-refractivity contribution in [1.29, 1.82) is 0 Å². The van der Waals surface area contributed by atoms with Crippen molar-refractivity contribution in [3.63, 3.8) is 0 Å². The Balaban J connectivity index is -0.000000263.